The average Bonchev–Trinajstić information content (AvgIpc) is 3.09. The highest BCUT2D eigenvalue weighted by atomic mass is 19.1. The van der Waals surface area contributed by atoms with Crippen molar-refractivity contribution in [1.29, 1.82) is 0 Å². The fraction of sp³-hybridized carbons (Fsp3) is 0.143. The Morgan fingerprint density at radius 3 is 2.52 bits per heavy atom. The lowest BCUT2D eigenvalue weighted by atomic mass is 10.2. The van der Waals surface area contributed by atoms with Crippen LogP contribution in [-0.4, -0.2) is 25.4 Å². The van der Waals surface area contributed by atoms with Crippen LogP contribution in [0, 0.1) is 19.7 Å². The van der Waals surface area contributed by atoms with Crippen LogP contribution in [0.3, 0.4) is 0 Å². The Bertz CT molecular complexity index is 1180. The summed E-state index contributed by atoms with van der Waals surface area (Å²) in [5.74, 6) is -0.697. The molecule has 146 valence electrons. The summed E-state index contributed by atoms with van der Waals surface area (Å²) in [5.41, 5.74) is 3.24. The van der Waals surface area contributed by atoms with E-state index in [4.69, 9.17) is 4.74 Å². The smallest absolute Gasteiger partial charge is 0.322 e. The number of aromatic nitrogens is 4. The molecule has 4 rings (SSSR count). The summed E-state index contributed by atoms with van der Waals surface area (Å²) in [6.45, 7) is 3.56. The summed E-state index contributed by atoms with van der Waals surface area (Å²) in [4.78, 5) is 25.3. The van der Waals surface area contributed by atoms with Crippen LogP contribution in [-0.2, 0) is 11.3 Å². The van der Waals surface area contributed by atoms with Crippen molar-refractivity contribution >= 4 is 22.6 Å². The van der Waals surface area contributed by atoms with Crippen LogP contribution >= 0.6 is 0 Å². The number of benzene rings is 2. The third-order valence-electron chi connectivity index (χ3n) is 4.39. The van der Waals surface area contributed by atoms with Crippen molar-refractivity contribution < 1.29 is 13.9 Å². The van der Waals surface area contributed by atoms with Crippen molar-refractivity contribution in [3.8, 4) is 11.8 Å². The summed E-state index contributed by atoms with van der Waals surface area (Å²) in [6, 6.07) is 13.6. The molecule has 0 bridgehead atoms. The van der Waals surface area contributed by atoms with Crippen molar-refractivity contribution in [3.05, 3.63) is 72.1 Å². The highest BCUT2D eigenvalue weighted by Gasteiger charge is 2.15. The van der Waals surface area contributed by atoms with Gasteiger partial charge in [0.1, 0.15) is 6.54 Å². The number of halogens is 1. The van der Waals surface area contributed by atoms with Crippen molar-refractivity contribution in [2.24, 2.45) is 0 Å². The summed E-state index contributed by atoms with van der Waals surface area (Å²) in [5, 5.41) is 2.84. The van der Waals surface area contributed by atoms with Crippen LogP contribution in [0.2, 0.25) is 0 Å². The van der Waals surface area contributed by atoms with E-state index in [1.54, 1.807) is 36.9 Å². The predicted octanol–water partition coefficient (Wildman–Crippen LogP) is 4.01. The van der Waals surface area contributed by atoms with E-state index >= 15 is 0 Å². The number of nitrogens with one attached hydrogen (secondary N) is 1. The average molecular weight is 391 g/mol. The second kappa shape index (κ2) is 7.67. The van der Waals surface area contributed by atoms with Gasteiger partial charge in [0.25, 0.3) is 0 Å². The molecule has 0 saturated heterocycles. The number of nitrogens with zero attached hydrogens (tertiary/aromatic N) is 4. The van der Waals surface area contributed by atoms with Gasteiger partial charge in [-0.25, -0.2) is 9.37 Å². The fourth-order valence-electron chi connectivity index (χ4n) is 3.01. The van der Waals surface area contributed by atoms with E-state index in [-0.39, 0.29) is 24.2 Å². The third-order valence-corrected chi connectivity index (χ3v) is 4.39. The lowest BCUT2D eigenvalue weighted by Gasteiger charge is -2.13. The summed E-state index contributed by atoms with van der Waals surface area (Å²) >= 11 is 0. The Hall–Kier alpha value is -3.81. The van der Waals surface area contributed by atoms with Gasteiger partial charge in [-0.3, -0.25) is 4.79 Å². The van der Waals surface area contributed by atoms with E-state index in [1.165, 1.54) is 12.1 Å². The highest BCUT2D eigenvalue weighted by molar-refractivity contribution is 5.92. The molecule has 4 aromatic rings. The van der Waals surface area contributed by atoms with Gasteiger partial charge >= 0.3 is 6.01 Å². The van der Waals surface area contributed by atoms with Crippen LogP contribution in [0.1, 0.15) is 11.4 Å². The number of anilines is 1. The first-order valence-corrected chi connectivity index (χ1v) is 8.98. The number of imidazole rings is 1. The van der Waals surface area contributed by atoms with Crippen LogP contribution in [0.15, 0.2) is 54.9 Å². The molecule has 0 aliphatic carbocycles. The number of carbonyl (C=O) groups is 1. The van der Waals surface area contributed by atoms with E-state index in [1.807, 2.05) is 24.3 Å². The van der Waals surface area contributed by atoms with E-state index in [9.17, 15) is 9.18 Å². The maximum atomic E-state index is 13.8. The van der Waals surface area contributed by atoms with Gasteiger partial charge < -0.3 is 14.6 Å². The second-order valence-electron chi connectivity index (χ2n) is 6.49. The number of aryl methyl sites for hydroxylation is 2. The number of ether oxygens (including phenoxy) is 1. The molecule has 0 unspecified atom stereocenters. The minimum absolute atomic E-state index is 0.0173. The summed E-state index contributed by atoms with van der Waals surface area (Å²) in [7, 11) is 0. The SMILES string of the molecule is Cc1nc(Oc2ccccc2F)nc(C)c1NC(=O)Cn1cnc2ccccc21. The first kappa shape index (κ1) is 18.5. The molecule has 0 spiro atoms. The molecule has 29 heavy (non-hydrogen) atoms. The topological polar surface area (TPSA) is 81.9 Å². The zero-order chi connectivity index (χ0) is 20.4. The first-order chi connectivity index (χ1) is 14.0. The zero-order valence-electron chi connectivity index (χ0n) is 15.9. The van der Waals surface area contributed by atoms with Gasteiger partial charge in [0, 0.05) is 0 Å². The van der Waals surface area contributed by atoms with E-state index in [2.05, 4.69) is 20.3 Å². The first-order valence-electron chi connectivity index (χ1n) is 8.98. The second-order valence-corrected chi connectivity index (χ2v) is 6.49. The molecule has 2 aromatic carbocycles. The van der Waals surface area contributed by atoms with Crippen LogP contribution in [0.4, 0.5) is 10.1 Å². The molecule has 1 amide bonds. The van der Waals surface area contributed by atoms with Gasteiger partial charge in [0.05, 0.1) is 34.4 Å². The normalized spacial score (nSPS) is 10.9. The molecular formula is C21H18FN5O2. The van der Waals surface area contributed by atoms with E-state index in [0.717, 1.165) is 11.0 Å². The summed E-state index contributed by atoms with van der Waals surface area (Å²) < 4.78 is 21.0. The lowest BCUT2D eigenvalue weighted by molar-refractivity contribution is -0.116. The number of fused-ring (bicyclic) bond motifs is 1. The number of hydrogen-bond donors (Lipinski definition) is 1. The fourth-order valence-corrected chi connectivity index (χ4v) is 3.01. The Morgan fingerprint density at radius 1 is 1.07 bits per heavy atom. The molecule has 7 nitrogen and oxygen atoms in total. The van der Waals surface area contributed by atoms with Crippen molar-refractivity contribution in [1.82, 2.24) is 19.5 Å². The van der Waals surface area contributed by atoms with Crippen LogP contribution < -0.4 is 10.1 Å². The van der Waals surface area contributed by atoms with Crippen molar-refractivity contribution in [2.45, 2.75) is 20.4 Å². The van der Waals surface area contributed by atoms with Gasteiger partial charge in [-0.1, -0.05) is 24.3 Å². The quantitative estimate of drug-likeness (QED) is 0.556. The molecule has 0 aliphatic heterocycles. The largest absolute Gasteiger partial charge is 0.421 e. The molecule has 0 radical (unpaired) electrons. The monoisotopic (exact) mass is 391 g/mol. The third kappa shape index (κ3) is 3.91. The molecule has 8 heteroatoms. The number of carbonyl (C=O) groups excluding carboxylic acids is 1. The maximum Gasteiger partial charge on any atom is 0.322 e. The van der Waals surface area contributed by atoms with Gasteiger partial charge in [-0.2, -0.15) is 9.97 Å². The van der Waals surface area contributed by atoms with Gasteiger partial charge in [0.15, 0.2) is 11.6 Å². The summed E-state index contributed by atoms with van der Waals surface area (Å²) in [6.07, 6.45) is 1.63. The number of para-hydroxylation sites is 3. The van der Waals surface area contributed by atoms with Gasteiger partial charge in [-0.15, -0.1) is 0 Å². The van der Waals surface area contributed by atoms with Crippen LogP contribution in [0.25, 0.3) is 11.0 Å². The molecule has 0 saturated carbocycles. The molecule has 1 N–H and O–H groups in total. The zero-order valence-corrected chi connectivity index (χ0v) is 15.9. The molecular weight excluding hydrogens is 373 g/mol. The Morgan fingerprint density at radius 2 is 1.76 bits per heavy atom. The van der Waals surface area contributed by atoms with E-state index < -0.39 is 5.82 Å². The Labute approximate surface area is 166 Å². The predicted molar refractivity (Wildman–Crippen MR) is 106 cm³/mol. The lowest BCUT2D eigenvalue weighted by Crippen LogP contribution is -2.20. The van der Waals surface area contributed by atoms with Gasteiger partial charge in [-0.05, 0) is 38.1 Å². The number of amides is 1. The highest BCUT2D eigenvalue weighted by Crippen LogP contribution is 2.25. The van der Waals surface area contributed by atoms with E-state index in [0.29, 0.717) is 17.1 Å². The number of rotatable bonds is 5. The van der Waals surface area contributed by atoms with Gasteiger partial charge in [0.2, 0.25) is 5.91 Å². The molecule has 2 aromatic heterocycles. The Kier molecular flexibility index (Phi) is 4.90. The minimum atomic E-state index is -0.503. The molecule has 0 atom stereocenters. The molecule has 2 heterocycles. The van der Waals surface area contributed by atoms with Crippen molar-refractivity contribution in [3.63, 3.8) is 0 Å². The molecule has 0 fully saturated rings. The molecule has 0 aliphatic rings. The van der Waals surface area contributed by atoms with Crippen LogP contribution in [0.5, 0.6) is 11.8 Å². The van der Waals surface area contributed by atoms with Crippen molar-refractivity contribution in [2.75, 3.05) is 5.32 Å². The standard InChI is InChI=1S/C21H18FN5O2/c1-13-20(14(2)25-21(24-13)29-18-10-6-3-7-15(18)22)26-19(28)11-27-12-23-16-8-4-5-9-17(16)27/h3-10,12H,11H2,1-2H3,(H,26,28). The maximum absolute atomic E-state index is 13.8. The Balaban J connectivity index is 1.51. The number of hydrogen-bond acceptors (Lipinski definition) is 5. The minimum Gasteiger partial charge on any atom is -0.421 e.